The van der Waals surface area contributed by atoms with Crippen molar-refractivity contribution in [3.63, 3.8) is 0 Å². The van der Waals surface area contributed by atoms with Gasteiger partial charge in [0, 0.05) is 17.3 Å². The molecule has 0 aliphatic heterocycles. The van der Waals surface area contributed by atoms with Gasteiger partial charge in [0.15, 0.2) is 0 Å². The Hall–Kier alpha value is -2.20. The normalized spacial score (nSPS) is 10.2. The minimum absolute atomic E-state index is 0.0776. The lowest BCUT2D eigenvalue weighted by molar-refractivity contribution is 0.102. The molecule has 2 aromatic rings. The first kappa shape index (κ1) is 13.2. The molecule has 0 saturated carbocycles. The lowest BCUT2D eigenvalue weighted by Gasteiger charge is -2.07. The highest BCUT2D eigenvalue weighted by Crippen LogP contribution is 2.25. The summed E-state index contributed by atoms with van der Waals surface area (Å²) < 4.78 is 0. The van der Waals surface area contributed by atoms with Gasteiger partial charge in [0.2, 0.25) is 0 Å². The van der Waals surface area contributed by atoms with Crippen molar-refractivity contribution >= 4 is 23.2 Å². The van der Waals surface area contributed by atoms with E-state index >= 15 is 0 Å². The SMILES string of the molecule is Cc1ccc(NC(=O)c2ccc(O)c(Cl)c2)cc1O. The summed E-state index contributed by atoms with van der Waals surface area (Å²) in [6.07, 6.45) is 0. The number of amides is 1. The van der Waals surface area contributed by atoms with Crippen LogP contribution in [0.5, 0.6) is 11.5 Å². The van der Waals surface area contributed by atoms with Crippen LogP contribution >= 0.6 is 11.6 Å². The fourth-order valence-electron chi connectivity index (χ4n) is 1.54. The van der Waals surface area contributed by atoms with Crippen LogP contribution in [-0.4, -0.2) is 16.1 Å². The second kappa shape index (κ2) is 5.20. The zero-order chi connectivity index (χ0) is 14.0. The van der Waals surface area contributed by atoms with Gasteiger partial charge in [0.05, 0.1) is 5.02 Å². The van der Waals surface area contributed by atoms with Crippen LogP contribution in [0.4, 0.5) is 5.69 Å². The Morgan fingerprint density at radius 3 is 2.47 bits per heavy atom. The van der Waals surface area contributed by atoms with Crippen LogP contribution in [0, 0.1) is 6.92 Å². The molecule has 0 fully saturated rings. The Kier molecular flexibility index (Phi) is 3.62. The minimum atomic E-state index is -0.370. The number of rotatable bonds is 2. The zero-order valence-electron chi connectivity index (χ0n) is 10.1. The Bertz CT molecular complexity index is 641. The molecular weight excluding hydrogens is 266 g/mol. The first-order chi connectivity index (χ1) is 8.97. The molecule has 98 valence electrons. The van der Waals surface area contributed by atoms with Crippen LogP contribution in [0.2, 0.25) is 5.02 Å². The van der Waals surface area contributed by atoms with Crippen LogP contribution in [0.25, 0.3) is 0 Å². The molecule has 0 spiro atoms. The Balaban J connectivity index is 2.20. The summed E-state index contributed by atoms with van der Waals surface area (Å²) in [7, 11) is 0. The predicted octanol–water partition coefficient (Wildman–Crippen LogP) is 3.31. The summed E-state index contributed by atoms with van der Waals surface area (Å²) in [5, 5.41) is 21.6. The van der Waals surface area contributed by atoms with E-state index in [1.807, 2.05) is 0 Å². The summed E-state index contributed by atoms with van der Waals surface area (Å²) in [6.45, 7) is 1.76. The third-order valence-corrected chi connectivity index (χ3v) is 2.98. The number of benzene rings is 2. The number of nitrogens with one attached hydrogen (secondary N) is 1. The number of halogens is 1. The first-order valence-electron chi connectivity index (χ1n) is 5.57. The van der Waals surface area contributed by atoms with Crippen molar-refractivity contribution in [1.29, 1.82) is 0 Å². The molecule has 0 saturated heterocycles. The number of aromatic hydroxyl groups is 2. The van der Waals surface area contributed by atoms with E-state index in [-0.39, 0.29) is 22.4 Å². The average Bonchev–Trinajstić information content (AvgIpc) is 2.37. The number of phenolic OH excluding ortho intramolecular Hbond substituents is 2. The van der Waals surface area contributed by atoms with Crippen LogP contribution in [0.1, 0.15) is 15.9 Å². The van der Waals surface area contributed by atoms with E-state index in [2.05, 4.69) is 5.32 Å². The van der Waals surface area contributed by atoms with Crippen molar-refractivity contribution in [3.8, 4) is 11.5 Å². The molecule has 19 heavy (non-hydrogen) atoms. The molecule has 1 amide bonds. The molecule has 0 heterocycles. The number of carbonyl (C=O) groups excluding carboxylic acids is 1. The maximum atomic E-state index is 11.9. The lowest BCUT2D eigenvalue weighted by atomic mass is 10.1. The number of anilines is 1. The summed E-state index contributed by atoms with van der Waals surface area (Å²) in [4.78, 5) is 11.9. The Morgan fingerprint density at radius 2 is 1.84 bits per heavy atom. The van der Waals surface area contributed by atoms with Gasteiger partial charge in [-0.05, 0) is 36.8 Å². The largest absolute Gasteiger partial charge is 0.508 e. The van der Waals surface area contributed by atoms with Crippen LogP contribution in [0.3, 0.4) is 0 Å². The van der Waals surface area contributed by atoms with Gasteiger partial charge < -0.3 is 15.5 Å². The van der Waals surface area contributed by atoms with Crippen molar-refractivity contribution in [2.45, 2.75) is 6.92 Å². The van der Waals surface area contributed by atoms with Crippen LogP contribution in [-0.2, 0) is 0 Å². The van der Waals surface area contributed by atoms with Crippen molar-refractivity contribution in [2.75, 3.05) is 5.32 Å². The third-order valence-electron chi connectivity index (χ3n) is 2.68. The quantitative estimate of drug-likeness (QED) is 0.789. The highest BCUT2D eigenvalue weighted by molar-refractivity contribution is 6.32. The van der Waals surface area contributed by atoms with Gasteiger partial charge in [-0.3, -0.25) is 4.79 Å². The monoisotopic (exact) mass is 277 g/mol. The van der Waals surface area contributed by atoms with Crippen molar-refractivity contribution in [1.82, 2.24) is 0 Å². The second-order valence-corrected chi connectivity index (χ2v) is 4.53. The van der Waals surface area contributed by atoms with Gasteiger partial charge >= 0.3 is 0 Å². The molecule has 3 N–H and O–H groups in total. The summed E-state index contributed by atoms with van der Waals surface area (Å²) in [6, 6.07) is 9.05. The first-order valence-corrected chi connectivity index (χ1v) is 5.94. The van der Waals surface area contributed by atoms with Gasteiger partial charge in [-0.2, -0.15) is 0 Å². The van der Waals surface area contributed by atoms with E-state index in [0.29, 0.717) is 11.3 Å². The fraction of sp³-hybridized carbons (Fsp3) is 0.0714. The molecule has 5 heteroatoms. The van der Waals surface area contributed by atoms with E-state index < -0.39 is 0 Å². The minimum Gasteiger partial charge on any atom is -0.508 e. The molecule has 2 rings (SSSR count). The summed E-state index contributed by atoms with van der Waals surface area (Å²) in [5.74, 6) is -0.335. The smallest absolute Gasteiger partial charge is 0.255 e. The molecule has 0 radical (unpaired) electrons. The lowest BCUT2D eigenvalue weighted by Crippen LogP contribution is -2.11. The van der Waals surface area contributed by atoms with Crippen LogP contribution in [0.15, 0.2) is 36.4 Å². The van der Waals surface area contributed by atoms with E-state index in [1.165, 1.54) is 24.3 Å². The summed E-state index contributed by atoms with van der Waals surface area (Å²) >= 11 is 5.74. The molecule has 0 unspecified atom stereocenters. The standard InChI is InChI=1S/C14H12ClNO3/c1-8-2-4-10(7-13(8)18)16-14(19)9-3-5-12(17)11(15)6-9/h2-7,17-18H,1H3,(H,16,19). The van der Waals surface area contributed by atoms with Gasteiger partial charge in [0.1, 0.15) is 11.5 Å². The topological polar surface area (TPSA) is 69.6 Å². The highest BCUT2D eigenvalue weighted by Gasteiger charge is 2.09. The van der Waals surface area contributed by atoms with Crippen molar-refractivity contribution in [3.05, 3.63) is 52.5 Å². The second-order valence-electron chi connectivity index (χ2n) is 4.12. The van der Waals surface area contributed by atoms with Crippen LogP contribution < -0.4 is 5.32 Å². The van der Waals surface area contributed by atoms with Gasteiger partial charge in [0.25, 0.3) is 5.91 Å². The zero-order valence-corrected chi connectivity index (χ0v) is 10.9. The van der Waals surface area contributed by atoms with E-state index in [4.69, 9.17) is 11.6 Å². The van der Waals surface area contributed by atoms with Crippen molar-refractivity contribution < 1.29 is 15.0 Å². The van der Waals surface area contributed by atoms with Gasteiger partial charge in [-0.1, -0.05) is 17.7 Å². The molecular formula is C14H12ClNO3. The molecule has 4 nitrogen and oxygen atoms in total. The number of aryl methyl sites for hydroxylation is 1. The number of hydrogen-bond donors (Lipinski definition) is 3. The maximum Gasteiger partial charge on any atom is 0.255 e. The maximum absolute atomic E-state index is 11.9. The van der Waals surface area contributed by atoms with Gasteiger partial charge in [-0.15, -0.1) is 0 Å². The molecule has 0 aliphatic carbocycles. The molecule has 0 atom stereocenters. The predicted molar refractivity (Wildman–Crippen MR) is 73.9 cm³/mol. The number of carbonyl (C=O) groups is 1. The molecule has 0 aromatic heterocycles. The van der Waals surface area contributed by atoms with E-state index in [1.54, 1.807) is 19.1 Å². The van der Waals surface area contributed by atoms with Crippen molar-refractivity contribution in [2.24, 2.45) is 0 Å². The molecule has 0 bridgehead atoms. The summed E-state index contributed by atoms with van der Waals surface area (Å²) in [5.41, 5.74) is 1.53. The molecule has 2 aromatic carbocycles. The fourth-order valence-corrected chi connectivity index (χ4v) is 1.72. The Morgan fingerprint density at radius 1 is 1.11 bits per heavy atom. The van der Waals surface area contributed by atoms with E-state index in [0.717, 1.165) is 5.56 Å². The number of phenols is 2. The third kappa shape index (κ3) is 2.98. The van der Waals surface area contributed by atoms with E-state index in [9.17, 15) is 15.0 Å². The number of hydrogen-bond acceptors (Lipinski definition) is 3. The highest BCUT2D eigenvalue weighted by atomic mass is 35.5. The molecule has 0 aliphatic rings. The average molecular weight is 278 g/mol. The van der Waals surface area contributed by atoms with Gasteiger partial charge in [-0.25, -0.2) is 0 Å². The Labute approximate surface area is 115 Å².